The van der Waals surface area contributed by atoms with E-state index in [1.165, 1.54) is 5.39 Å². The summed E-state index contributed by atoms with van der Waals surface area (Å²) in [6.45, 7) is 5.91. The highest BCUT2D eigenvalue weighted by Crippen LogP contribution is 2.29. The molecule has 0 unspecified atom stereocenters. The van der Waals surface area contributed by atoms with E-state index in [9.17, 15) is 5.11 Å². The summed E-state index contributed by atoms with van der Waals surface area (Å²) in [6, 6.07) is 10.3. The van der Waals surface area contributed by atoms with Crippen LogP contribution in [0.4, 0.5) is 0 Å². The zero-order valence-corrected chi connectivity index (χ0v) is 9.41. The molecule has 0 aliphatic rings. The summed E-state index contributed by atoms with van der Waals surface area (Å²) in [5.74, 6) is 0. The number of benzene rings is 1. The molecule has 0 amide bonds. The summed E-state index contributed by atoms with van der Waals surface area (Å²) in [6.07, 6.45) is -0.370. The highest BCUT2D eigenvalue weighted by atomic mass is 16.3. The Hall–Kier alpha value is -1.28. The molecule has 0 saturated carbocycles. The summed E-state index contributed by atoms with van der Waals surface area (Å²) in [7, 11) is 0. The second-order valence-corrected chi connectivity index (χ2v) is 4.67. The van der Waals surface area contributed by atoms with E-state index in [0.29, 0.717) is 0 Å². The van der Waals surface area contributed by atoms with Crippen LogP contribution in [0.2, 0.25) is 0 Å². The molecule has 1 aromatic carbocycles. The van der Waals surface area contributed by atoms with Crippen molar-refractivity contribution < 1.29 is 5.11 Å². The number of hydrogen-bond donors (Lipinski definition) is 2. The molecule has 0 spiro atoms. The molecule has 0 aliphatic heterocycles. The molecule has 2 aromatic rings. The number of nitrogens with one attached hydrogen (secondary N) is 1. The third-order valence-electron chi connectivity index (χ3n) is 3.27. The van der Waals surface area contributed by atoms with Gasteiger partial charge in [0.1, 0.15) is 0 Å². The van der Waals surface area contributed by atoms with Crippen molar-refractivity contribution in [3.05, 3.63) is 36.0 Å². The number of hydrogen-bond acceptors (Lipinski definition) is 1. The Morgan fingerprint density at radius 2 is 1.93 bits per heavy atom. The van der Waals surface area contributed by atoms with Crippen molar-refractivity contribution in [2.45, 2.75) is 32.3 Å². The fraction of sp³-hybridized carbons (Fsp3) is 0.385. The monoisotopic (exact) mass is 203 g/mol. The molecular weight excluding hydrogens is 186 g/mol. The Bertz CT molecular complexity index is 435. The molecule has 0 bridgehead atoms. The van der Waals surface area contributed by atoms with Crippen molar-refractivity contribution in [1.29, 1.82) is 0 Å². The maximum Gasteiger partial charge on any atom is 0.0617 e. The minimum absolute atomic E-state index is 0.237. The van der Waals surface area contributed by atoms with Gasteiger partial charge in [-0.25, -0.2) is 0 Å². The van der Waals surface area contributed by atoms with E-state index < -0.39 is 0 Å². The molecule has 0 radical (unpaired) electrons. The lowest BCUT2D eigenvalue weighted by Crippen LogP contribution is -2.31. The molecule has 2 N–H and O–H groups in total. The SMILES string of the molecule is C[C@H](O)C(C)(C)c1cc2ccccc2[nH]1. The third-order valence-corrected chi connectivity index (χ3v) is 3.27. The Balaban J connectivity index is 2.53. The smallest absolute Gasteiger partial charge is 0.0617 e. The number of aliphatic hydroxyl groups is 1. The number of aliphatic hydroxyl groups excluding tert-OH is 1. The minimum Gasteiger partial charge on any atom is -0.392 e. The number of aromatic nitrogens is 1. The summed E-state index contributed by atoms with van der Waals surface area (Å²) in [5, 5.41) is 10.9. The normalized spacial score (nSPS) is 14.4. The number of fused-ring (bicyclic) bond motifs is 1. The number of aromatic amines is 1. The van der Waals surface area contributed by atoms with E-state index in [4.69, 9.17) is 0 Å². The standard InChI is InChI=1S/C13H17NO/c1-9(15)13(2,3)12-8-10-6-4-5-7-11(10)14-12/h4-9,14-15H,1-3H3/t9-/m0/s1. The van der Waals surface area contributed by atoms with Gasteiger partial charge in [0, 0.05) is 16.6 Å². The lowest BCUT2D eigenvalue weighted by molar-refractivity contribution is 0.116. The van der Waals surface area contributed by atoms with E-state index in [1.54, 1.807) is 0 Å². The molecule has 2 heteroatoms. The van der Waals surface area contributed by atoms with Crippen LogP contribution >= 0.6 is 0 Å². The van der Waals surface area contributed by atoms with E-state index in [1.807, 2.05) is 32.9 Å². The number of para-hydroxylation sites is 1. The molecule has 0 fully saturated rings. The van der Waals surface area contributed by atoms with E-state index in [0.717, 1.165) is 11.2 Å². The van der Waals surface area contributed by atoms with Crippen LogP contribution in [-0.4, -0.2) is 16.2 Å². The van der Waals surface area contributed by atoms with Crippen molar-refractivity contribution in [1.82, 2.24) is 4.98 Å². The third kappa shape index (κ3) is 1.65. The lowest BCUT2D eigenvalue weighted by atomic mass is 9.84. The topological polar surface area (TPSA) is 36.0 Å². The molecule has 0 saturated heterocycles. The first-order valence-electron chi connectivity index (χ1n) is 5.28. The van der Waals surface area contributed by atoms with Gasteiger partial charge in [0.2, 0.25) is 0 Å². The van der Waals surface area contributed by atoms with Gasteiger partial charge in [0.25, 0.3) is 0 Å². The summed E-state index contributed by atoms with van der Waals surface area (Å²) < 4.78 is 0. The maximum absolute atomic E-state index is 9.74. The molecule has 1 atom stereocenters. The fourth-order valence-corrected chi connectivity index (χ4v) is 1.65. The van der Waals surface area contributed by atoms with Gasteiger partial charge in [-0.05, 0) is 24.4 Å². The van der Waals surface area contributed by atoms with Crippen molar-refractivity contribution in [3.63, 3.8) is 0 Å². The van der Waals surface area contributed by atoms with Crippen LogP contribution in [0, 0.1) is 0 Å². The van der Waals surface area contributed by atoms with Gasteiger partial charge in [0.05, 0.1) is 6.10 Å². The predicted octanol–water partition coefficient (Wildman–Crippen LogP) is 2.83. The Labute approximate surface area is 89.9 Å². The van der Waals surface area contributed by atoms with E-state index in [2.05, 4.69) is 23.2 Å². The van der Waals surface area contributed by atoms with Crippen LogP contribution in [0.3, 0.4) is 0 Å². The number of rotatable bonds is 2. The Morgan fingerprint density at radius 1 is 1.27 bits per heavy atom. The zero-order chi connectivity index (χ0) is 11.1. The van der Waals surface area contributed by atoms with Gasteiger partial charge in [-0.1, -0.05) is 32.0 Å². The highest BCUT2D eigenvalue weighted by Gasteiger charge is 2.27. The van der Waals surface area contributed by atoms with Crippen LogP contribution in [0.25, 0.3) is 10.9 Å². The van der Waals surface area contributed by atoms with Gasteiger partial charge < -0.3 is 10.1 Å². The van der Waals surface area contributed by atoms with Crippen molar-refractivity contribution >= 4 is 10.9 Å². The Morgan fingerprint density at radius 3 is 2.53 bits per heavy atom. The van der Waals surface area contributed by atoms with Crippen LogP contribution < -0.4 is 0 Å². The second-order valence-electron chi connectivity index (χ2n) is 4.67. The first-order chi connectivity index (χ1) is 7.01. The second kappa shape index (κ2) is 3.38. The fourth-order valence-electron chi connectivity index (χ4n) is 1.65. The van der Waals surface area contributed by atoms with Gasteiger partial charge in [-0.15, -0.1) is 0 Å². The first-order valence-corrected chi connectivity index (χ1v) is 5.28. The number of H-pyrrole nitrogens is 1. The van der Waals surface area contributed by atoms with Crippen molar-refractivity contribution in [2.75, 3.05) is 0 Å². The van der Waals surface area contributed by atoms with E-state index in [-0.39, 0.29) is 11.5 Å². The van der Waals surface area contributed by atoms with Crippen molar-refractivity contribution in [2.24, 2.45) is 0 Å². The van der Waals surface area contributed by atoms with Gasteiger partial charge in [-0.3, -0.25) is 0 Å². The molecule has 15 heavy (non-hydrogen) atoms. The predicted molar refractivity (Wildman–Crippen MR) is 63.0 cm³/mol. The van der Waals surface area contributed by atoms with Gasteiger partial charge in [0.15, 0.2) is 0 Å². The molecule has 2 nitrogen and oxygen atoms in total. The quantitative estimate of drug-likeness (QED) is 0.773. The molecule has 0 aliphatic carbocycles. The average Bonchev–Trinajstić information content (AvgIpc) is 2.61. The molecule has 2 rings (SSSR count). The molecular formula is C13H17NO. The van der Waals surface area contributed by atoms with Crippen LogP contribution in [0.5, 0.6) is 0 Å². The summed E-state index contributed by atoms with van der Waals surface area (Å²) >= 11 is 0. The van der Waals surface area contributed by atoms with Gasteiger partial charge in [-0.2, -0.15) is 0 Å². The molecule has 1 aromatic heterocycles. The van der Waals surface area contributed by atoms with Crippen molar-refractivity contribution in [3.8, 4) is 0 Å². The van der Waals surface area contributed by atoms with Crippen LogP contribution in [0.1, 0.15) is 26.5 Å². The largest absolute Gasteiger partial charge is 0.392 e. The highest BCUT2D eigenvalue weighted by molar-refractivity contribution is 5.80. The van der Waals surface area contributed by atoms with E-state index >= 15 is 0 Å². The lowest BCUT2D eigenvalue weighted by Gasteiger charge is -2.26. The average molecular weight is 203 g/mol. The maximum atomic E-state index is 9.74. The first kappa shape index (κ1) is 10.2. The molecule has 1 heterocycles. The van der Waals surface area contributed by atoms with Crippen LogP contribution in [0.15, 0.2) is 30.3 Å². The zero-order valence-electron chi connectivity index (χ0n) is 9.41. The Kier molecular flexibility index (Phi) is 2.31. The van der Waals surface area contributed by atoms with Gasteiger partial charge >= 0.3 is 0 Å². The molecule has 80 valence electrons. The minimum atomic E-state index is -0.370. The summed E-state index contributed by atoms with van der Waals surface area (Å²) in [5.41, 5.74) is 1.97. The van der Waals surface area contributed by atoms with Crippen LogP contribution in [-0.2, 0) is 5.41 Å². The summed E-state index contributed by atoms with van der Waals surface area (Å²) in [4.78, 5) is 3.36.